The van der Waals surface area contributed by atoms with Crippen molar-refractivity contribution in [2.75, 3.05) is 13.7 Å². The first kappa shape index (κ1) is 16.6. The zero-order valence-electron chi connectivity index (χ0n) is 13.7. The van der Waals surface area contributed by atoms with Gasteiger partial charge in [-0.2, -0.15) is 0 Å². The molecular weight excluding hydrogens is 306 g/mol. The average Bonchev–Trinajstić information content (AvgIpc) is 2.62. The minimum atomic E-state index is -1.11. The van der Waals surface area contributed by atoms with Gasteiger partial charge >= 0.3 is 0 Å². The highest BCUT2D eigenvalue weighted by Gasteiger charge is 2.44. The van der Waals surface area contributed by atoms with Crippen LogP contribution in [0.4, 0.5) is 0 Å². The van der Waals surface area contributed by atoms with E-state index < -0.39 is 17.8 Å². The molecule has 4 atom stereocenters. The van der Waals surface area contributed by atoms with E-state index in [1.807, 2.05) is 36.4 Å². The number of hydrogen-bond acceptors (Lipinski definition) is 4. The second-order valence-electron chi connectivity index (χ2n) is 6.51. The maximum absolute atomic E-state index is 12.6. The van der Waals surface area contributed by atoms with E-state index >= 15 is 0 Å². The molecule has 3 aliphatic rings. The summed E-state index contributed by atoms with van der Waals surface area (Å²) < 4.78 is 5.30. The molecule has 0 saturated heterocycles. The molecular formula is C19H22NO4-. The number of carbonyl (C=O) groups excluding carboxylic acids is 2. The number of para-hydroxylation sites is 1. The Morgan fingerprint density at radius 1 is 1.17 bits per heavy atom. The van der Waals surface area contributed by atoms with Gasteiger partial charge in [0.25, 0.3) is 0 Å². The predicted molar refractivity (Wildman–Crippen MR) is 87.0 cm³/mol. The van der Waals surface area contributed by atoms with E-state index in [2.05, 4.69) is 5.32 Å². The molecule has 1 aromatic carbocycles. The Bertz CT molecular complexity index is 655. The maximum Gasteiger partial charge on any atom is 0.224 e. The lowest BCUT2D eigenvalue weighted by molar-refractivity contribution is -0.316. The number of carboxylic acids is 1. The molecule has 1 aromatic rings. The monoisotopic (exact) mass is 328 g/mol. The van der Waals surface area contributed by atoms with Crippen molar-refractivity contribution in [1.29, 1.82) is 0 Å². The topological polar surface area (TPSA) is 78.5 Å². The molecule has 4 rings (SSSR count). The molecule has 5 nitrogen and oxygen atoms in total. The van der Waals surface area contributed by atoms with Crippen LogP contribution in [0.5, 0.6) is 5.75 Å². The smallest absolute Gasteiger partial charge is 0.224 e. The van der Waals surface area contributed by atoms with E-state index in [9.17, 15) is 14.7 Å². The van der Waals surface area contributed by atoms with E-state index in [1.165, 1.54) is 0 Å². The van der Waals surface area contributed by atoms with Crippen molar-refractivity contribution >= 4 is 11.9 Å². The first-order valence-corrected chi connectivity index (χ1v) is 8.40. The molecule has 5 heteroatoms. The number of allylic oxidation sites excluding steroid dienone is 2. The Kier molecular flexibility index (Phi) is 4.88. The molecule has 128 valence electrons. The largest absolute Gasteiger partial charge is 0.550 e. The summed E-state index contributed by atoms with van der Waals surface area (Å²) in [7, 11) is 1.62. The molecule has 1 fully saturated rings. The van der Waals surface area contributed by atoms with Gasteiger partial charge in [-0.1, -0.05) is 30.4 Å². The van der Waals surface area contributed by atoms with Gasteiger partial charge in [-0.05, 0) is 42.7 Å². The Hall–Kier alpha value is -2.30. The van der Waals surface area contributed by atoms with Crippen molar-refractivity contribution in [2.24, 2.45) is 23.7 Å². The third kappa shape index (κ3) is 3.16. The number of amides is 1. The molecule has 0 unspecified atom stereocenters. The van der Waals surface area contributed by atoms with Crippen LogP contribution < -0.4 is 15.2 Å². The maximum atomic E-state index is 12.6. The summed E-state index contributed by atoms with van der Waals surface area (Å²) in [4.78, 5) is 24.1. The van der Waals surface area contributed by atoms with Gasteiger partial charge in [0.2, 0.25) is 5.91 Å². The minimum absolute atomic E-state index is 0.00385. The zero-order chi connectivity index (χ0) is 17.1. The Labute approximate surface area is 141 Å². The number of carbonyl (C=O) groups is 2. The molecule has 2 bridgehead atoms. The number of ether oxygens (including phenoxy) is 1. The van der Waals surface area contributed by atoms with Crippen LogP contribution in [0.1, 0.15) is 18.4 Å². The molecule has 0 radical (unpaired) electrons. The lowest BCUT2D eigenvalue weighted by atomic mass is 9.62. The first-order chi connectivity index (χ1) is 11.6. The highest BCUT2D eigenvalue weighted by atomic mass is 16.5. The van der Waals surface area contributed by atoms with Crippen molar-refractivity contribution in [3.05, 3.63) is 42.0 Å². The normalized spacial score (nSPS) is 27.7. The quantitative estimate of drug-likeness (QED) is 0.788. The average molecular weight is 328 g/mol. The third-order valence-corrected chi connectivity index (χ3v) is 5.21. The standard InChI is InChI=1S/C19H23NO4/c1-24-15-5-3-2-4-12(15)10-11-20-18(21)16-13-6-8-14(9-7-13)17(16)19(22)23/h2-6,8,13-14,16-17H,7,9-11H2,1H3,(H,20,21)(H,22,23)/p-1/t13-,14+,16-,17+/m1/s1. The number of hydrogen-bond donors (Lipinski definition) is 1. The Morgan fingerprint density at radius 3 is 2.46 bits per heavy atom. The first-order valence-electron chi connectivity index (χ1n) is 8.40. The van der Waals surface area contributed by atoms with Crippen molar-refractivity contribution in [3.63, 3.8) is 0 Å². The lowest BCUT2D eigenvalue weighted by Gasteiger charge is -2.44. The third-order valence-electron chi connectivity index (χ3n) is 5.21. The number of aliphatic carboxylic acids is 1. The summed E-state index contributed by atoms with van der Waals surface area (Å²) in [5.74, 6) is -1.80. The van der Waals surface area contributed by atoms with Gasteiger partial charge in [0, 0.05) is 18.4 Å². The molecule has 1 N–H and O–H groups in total. The molecule has 0 aromatic heterocycles. The zero-order valence-corrected chi connectivity index (χ0v) is 13.7. The van der Waals surface area contributed by atoms with Crippen LogP contribution in [-0.4, -0.2) is 25.5 Å². The SMILES string of the molecule is COc1ccccc1CCNC(=O)[C@H]1[C@@H](C(=O)[O-])[C@H]2C=C[C@@H]1CC2. The van der Waals surface area contributed by atoms with Crippen LogP contribution in [0.2, 0.25) is 0 Å². The van der Waals surface area contributed by atoms with E-state index in [4.69, 9.17) is 4.74 Å². The number of methoxy groups -OCH3 is 1. The summed E-state index contributed by atoms with van der Waals surface area (Å²) >= 11 is 0. The van der Waals surface area contributed by atoms with E-state index in [0.717, 1.165) is 24.2 Å². The summed E-state index contributed by atoms with van der Waals surface area (Å²) in [6, 6.07) is 7.67. The van der Waals surface area contributed by atoms with Crippen molar-refractivity contribution < 1.29 is 19.4 Å². The van der Waals surface area contributed by atoms with Gasteiger partial charge in [0.05, 0.1) is 13.0 Å². The number of rotatable bonds is 6. The molecule has 0 heterocycles. The van der Waals surface area contributed by atoms with Crippen molar-refractivity contribution in [3.8, 4) is 5.75 Å². The van der Waals surface area contributed by atoms with Crippen LogP contribution >= 0.6 is 0 Å². The van der Waals surface area contributed by atoms with Gasteiger partial charge < -0.3 is 20.0 Å². The number of benzene rings is 1. The highest BCUT2D eigenvalue weighted by Crippen LogP contribution is 2.44. The van der Waals surface area contributed by atoms with Crippen LogP contribution in [0.25, 0.3) is 0 Å². The van der Waals surface area contributed by atoms with Crippen LogP contribution in [0.3, 0.4) is 0 Å². The molecule has 3 aliphatic carbocycles. The summed E-state index contributed by atoms with van der Waals surface area (Å²) in [6.07, 6.45) is 6.27. The lowest BCUT2D eigenvalue weighted by Crippen LogP contribution is -2.52. The fourth-order valence-corrected chi connectivity index (χ4v) is 4.02. The summed E-state index contributed by atoms with van der Waals surface area (Å²) in [6.45, 7) is 0.455. The van der Waals surface area contributed by atoms with E-state index in [-0.39, 0.29) is 17.7 Å². The molecule has 0 spiro atoms. The Morgan fingerprint density at radius 2 is 1.83 bits per heavy atom. The molecule has 1 saturated carbocycles. The van der Waals surface area contributed by atoms with Gasteiger partial charge in [-0.15, -0.1) is 0 Å². The predicted octanol–water partition coefficient (Wildman–Crippen LogP) is 0.932. The summed E-state index contributed by atoms with van der Waals surface area (Å²) in [5, 5.41) is 14.4. The number of nitrogens with one attached hydrogen (secondary N) is 1. The molecule has 1 amide bonds. The van der Waals surface area contributed by atoms with Gasteiger partial charge in [-0.3, -0.25) is 4.79 Å². The second-order valence-corrected chi connectivity index (χ2v) is 6.51. The van der Waals surface area contributed by atoms with E-state index in [0.29, 0.717) is 13.0 Å². The fraction of sp³-hybridized carbons (Fsp3) is 0.474. The van der Waals surface area contributed by atoms with Gasteiger partial charge in [0.1, 0.15) is 5.75 Å². The number of carboxylic acid groups (broad SMARTS) is 1. The number of fused-ring (bicyclic) bond motifs is 2. The van der Waals surface area contributed by atoms with E-state index in [1.54, 1.807) is 7.11 Å². The molecule has 24 heavy (non-hydrogen) atoms. The highest BCUT2D eigenvalue weighted by molar-refractivity contribution is 5.85. The minimum Gasteiger partial charge on any atom is -0.550 e. The van der Waals surface area contributed by atoms with Gasteiger partial charge in [-0.25, -0.2) is 0 Å². The van der Waals surface area contributed by atoms with Crippen molar-refractivity contribution in [2.45, 2.75) is 19.3 Å². The molecule has 0 aliphatic heterocycles. The van der Waals surface area contributed by atoms with Crippen molar-refractivity contribution in [1.82, 2.24) is 5.32 Å². The van der Waals surface area contributed by atoms with Crippen LogP contribution in [0.15, 0.2) is 36.4 Å². The van der Waals surface area contributed by atoms with Gasteiger partial charge in [0.15, 0.2) is 0 Å². The summed E-state index contributed by atoms with van der Waals surface area (Å²) in [5.41, 5.74) is 1.02. The van der Waals surface area contributed by atoms with Crippen LogP contribution in [-0.2, 0) is 16.0 Å². The Balaban J connectivity index is 1.62. The van der Waals surface area contributed by atoms with Crippen LogP contribution in [0, 0.1) is 23.7 Å². The fourth-order valence-electron chi connectivity index (χ4n) is 4.02. The second kappa shape index (κ2) is 7.07.